The minimum absolute atomic E-state index is 0.519. The van der Waals surface area contributed by atoms with Crippen molar-refractivity contribution in [3.05, 3.63) is 0 Å². The Morgan fingerprint density at radius 3 is 1.71 bits per heavy atom. The second-order valence-corrected chi connectivity index (χ2v) is 1.98. The van der Waals surface area contributed by atoms with Crippen LogP contribution < -0.4 is 0 Å². The van der Waals surface area contributed by atoms with E-state index in [-0.39, 0.29) is 0 Å². The van der Waals surface area contributed by atoms with Gasteiger partial charge in [0.15, 0.2) is 0 Å². The normalized spacial score (nSPS) is 24.4. The van der Waals surface area contributed by atoms with Crippen molar-refractivity contribution in [3.8, 4) is 0 Å². The third-order valence-corrected chi connectivity index (χ3v) is 1.24. The van der Waals surface area contributed by atoms with Crippen LogP contribution in [-0.2, 0) is 0 Å². The molecular weight excluding hydrogens is 94.8 g/mol. The Labute approximate surface area is 41.7 Å². The molecule has 3 N–H and O–H groups in total. The number of hydrogen-bond acceptors (Lipinski definition) is 3. The lowest BCUT2D eigenvalue weighted by Gasteiger charge is -2.00. The van der Waals surface area contributed by atoms with Crippen molar-refractivity contribution in [3.63, 3.8) is 0 Å². The van der Waals surface area contributed by atoms with Crippen LogP contribution in [0.3, 0.4) is 0 Å². The fourth-order valence-electron chi connectivity index (χ4n) is 0.386. The Bertz CT molecular complexity index is 78.2. The molecule has 0 unspecified atom stereocenters. The van der Waals surface area contributed by atoms with Gasteiger partial charge >= 0.3 is 7.12 Å². The Balaban J connectivity index is 2.39. The average molecular weight is 102 g/mol. The highest BCUT2D eigenvalue weighted by Gasteiger charge is 2.51. The van der Waals surface area contributed by atoms with Crippen LogP contribution in [-0.4, -0.2) is 27.8 Å². The molecule has 0 heterocycles. The average Bonchev–Trinajstić information content (AvgIpc) is 2.21. The Morgan fingerprint density at radius 1 is 1.29 bits per heavy atom. The van der Waals surface area contributed by atoms with Crippen LogP contribution in [0.1, 0.15) is 12.8 Å². The summed E-state index contributed by atoms with van der Waals surface area (Å²) in [5.41, 5.74) is -1.14. The monoisotopic (exact) mass is 102 g/mol. The zero-order valence-corrected chi connectivity index (χ0v) is 3.83. The first-order valence-electron chi connectivity index (χ1n) is 2.24. The number of aliphatic hydroxyl groups is 1. The highest BCUT2D eigenvalue weighted by atomic mass is 16.4. The molecule has 0 amide bonds. The van der Waals surface area contributed by atoms with Gasteiger partial charge in [-0.3, -0.25) is 0 Å². The van der Waals surface area contributed by atoms with Crippen molar-refractivity contribution in [2.75, 3.05) is 0 Å². The maximum absolute atomic E-state index is 8.71. The predicted molar refractivity (Wildman–Crippen MR) is 24.4 cm³/mol. The quantitative estimate of drug-likeness (QED) is 0.354. The molecule has 3 nitrogen and oxygen atoms in total. The minimum Gasteiger partial charge on any atom is -0.425 e. The van der Waals surface area contributed by atoms with Crippen LogP contribution in [0.15, 0.2) is 0 Å². The SMILES string of the molecule is OB(O)C1(O)CC1. The minimum atomic E-state index is -1.53. The van der Waals surface area contributed by atoms with Crippen LogP contribution >= 0.6 is 0 Å². The van der Waals surface area contributed by atoms with E-state index in [9.17, 15) is 0 Å². The summed E-state index contributed by atoms with van der Waals surface area (Å²) in [4.78, 5) is 0. The fourth-order valence-corrected chi connectivity index (χ4v) is 0.386. The summed E-state index contributed by atoms with van der Waals surface area (Å²) in [5.74, 6) is 0. The topological polar surface area (TPSA) is 60.7 Å². The second kappa shape index (κ2) is 1.21. The maximum atomic E-state index is 8.71. The zero-order valence-electron chi connectivity index (χ0n) is 3.83. The number of hydrogen-bond donors (Lipinski definition) is 3. The molecule has 0 bridgehead atoms. The van der Waals surface area contributed by atoms with Crippen molar-refractivity contribution in [1.29, 1.82) is 0 Å². The molecule has 0 spiro atoms. The van der Waals surface area contributed by atoms with Crippen LogP contribution in [0.5, 0.6) is 0 Å². The lowest BCUT2D eigenvalue weighted by molar-refractivity contribution is 0.178. The first kappa shape index (κ1) is 5.09. The molecule has 0 aromatic rings. The molecule has 0 saturated heterocycles. The van der Waals surface area contributed by atoms with Gasteiger partial charge in [0.25, 0.3) is 0 Å². The fraction of sp³-hybridized carbons (Fsp3) is 1.00. The van der Waals surface area contributed by atoms with E-state index in [1.807, 2.05) is 0 Å². The Hall–Kier alpha value is -0.0551. The lowest BCUT2D eigenvalue weighted by atomic mass is 9.79. The predicted octanol–water partition coefficient (Wildman–Crippen LogP) is -1.48. The molecule has 1 rings (SSSR count). The first-order chi connectivity index (χ1) is 3.15. The van der Waals surface area contributed by atoms with Crippen LogP contribution in [0.2, 0.25) is 0 Å². The molecule has 0 aromatic carbocycles. The van der Waals surface area contributed by atoms with Gasteiger partial charge in [0.2, 0.25) is 0 Å². The Kier molecular flexibility index (Phi) is 0.882. The standard InChI is InChI=1S/C3H7BO3/c5-3(1-2-3)4(6)7/h5-7H,1-2H2. The van der Waals surface area contributed by atoms with E-state index in [0.29, 0.717) is 12.8 Å². The van der Waals surface area contributed by atoms with Gasteiger partial charge < -0.3 is 15.2 Å². The molecule has 1 aliphatic carbocycles. The lowest BCUT2D eigenvalue weighted by Crippen LogP contribution is -2.32. The van der Waals surface area contributed by atoms with E-state index in [4.69, 9.17) is 15.2 Å². The van der Waals surface area contributed by atoms with Gasteiger partial charge in [-0.1, -0.05) is 0 Å². The molecule has 7 heavy (non-hydrogen) atoms. The molecule has 0 radical (unpaired) electrons. The van der Waals surface area contributed by atoms with Gasteiger partial charge in [-0.05, 0) is 12.8 Å². The third-order valence-electron chi connectivity index (χ3n) is 1.24. The summed E-state index contributed by atoms with van der Waals surface area (Å²) in [6.07, 6.45) is 1.04. The first-order valence-corrected chi connectivity index (χ1v) is 2.24. The molecule has 4 heteroatoms. The smallest absolute Gasteiger partial charge is 0.425 e. The molecule has 1 saturated carbocycles. The molecular formula is C3H7BO3. The molecule has 1 aliphatic rings. The van der Waals surface area contributed by atoms with Crippen molar-refractivity contribution >= 4 is 7.12 Å². The van der Waals surface area contributed by atoms with Crippen LogP contribution in [0.4, 0.5) is 0 Å². The van der Waals surface area contributed by atoms with Gasteiger partial charge in [-0.2, -0.15) is 0 Å². The summed E-state index contributed by atoms with van der Waals surface area (Å²) >= 11 is 0. The second-order valence-electron chi connectivity index (χ2n) is 1.98. The van der Waals surface area contributed by atoms with Gasteiger partial charge in [0.1, 0.15) is 5.50 Å². The molecule has 0 aromatic heterocycles. The van der Waals surface area contributed by atoms with Gasteiger partial charge in [0.05, 0.1) is 0 Å². The van der Waals surface area contributed by atoms with E-state index in [1.165, 1.54) is 0 Å². The van der Waals surface area contributed by atoms with Crippen molar-refractivity contribution < 1.29 is 15.2 Å². The molecule has 0 atom stereocenters. The van der Waals surface area contributed by atoms with E-state index >= 15 is 0 Å². The van der Waals surface area contributed by atoms with E-state index in [0.717, 1.165) is 0 Å². The van der Waals surface area contributed by atoms with Gasteiger partial charge in [-0.15, -0.1) is 0 Å². The number of rotatable bonds is 1. The molecule has 40 valence electrons. The summed E-state index contributed by atoms with van der Waals surface area (Å²) in [6, 6.07) is 0. The van der Waals surface area contributed by atoms with Crippen LogP contribution in [0.25, 0.3) is 0 Å². The van der Waals surface area contributed by atoms with Crippen molar-refractivity contribution in [1.82, 2.24) is 0 Å². The molecule has 0 aliphatic heterocycles. The van der Waals surface area contributed by atoms with Crippen molar-refractivity contribution in [2.45, 2.75) is 18.3 Å². The summed E-state index contributed by atoms with van der Waals surface area (Å²) in [5, 5.41) is 25.2. The maximum Gasteiger partial charge on any atom is 0.485 e. The van der Waals surface area contributed by atoms with E-state index < -0.39 is 12.6 Å². The third kappa shape index (κ3) is 0.772. The van der Waals surface area contributed by atoms with E-state index in [1.54, 1.807) is 0 Å². The van der Waals surface area contributed by atoms with Gasteiger partial charge in [0, 0.05) is 0 Å². The summed E-state index contributed by atoms with van der Waals surface area (Å²) in [7, 11) is -1.53. The highest BCUT2D eigenvalue weighted by molar-refractivity contribution is 6.46. The van der Waals surface area contributed by atoms with Crippen molar-refractivity contribution in [2.24, 2.45) is 0 Å². The van der Waals surface area contributed by atoms with Crippen LogP contribution in [0, 0.1) is 0 Å². The van der Waals surface area contributed by atoms with Gasteiger partial charge in [-0.25, -0.2) is 0 Å². The molecule has 1 fully saturated rings. The summed E-state index contributed by atoms with van der Waals surface area (Å²) in [6.45, 7) is 0. The Morgan fingerprint density at radius 2 is 1.71 bits per heavy atom. The zero-order chi connectivity index (χ0) is 5.49. The van der Waals surface area contributed by atoms with E-state index in [2.05, 4.69) is 0 Å². The largest absolute Gasteiger partial charge is 0.485 e. The summed E-state index contributed by atoms with van der Waals surface area (Å²) < 4.78 is 0. The highest BCUT2D eigenvalue weighted by Crippen LogP contribution is 2.35.